The lowest BCUT2D eigenvalue weighted by Crippen LogP contribution is -2.28. The number of hydrogen-bond donors (Lipinski definition) is 1. The van der Waals surface area contributed by atoms with Crippen LogP contribution in [0, 0.1) is 6.92 Å². The zero-order valence-electron chi connectivity index (χ0n) is 11.4. The number of hydrogen-bond acceptors (Lipinski definition) is 2. The number of halogens is 1. The van der Waals surface area contributed by atoms with Crippen LogP contribution in [0.2, 0.25) is 0 Å². The van der Waals surface area contributed by atoms with E-state index in [0.29, 0.717) is 6.04 Å². The van der Waals surface area contributed by atoms with E-state index in [4.69, 9.17) is 0 Å². The summed E-state index contributed by atoms with van der Waals surface area (Å²) in [6.45, 7) is 5.18. The van der Waals surface area contributed by atoms with Crippen molar-refractivity contribution >= 4 is 15.9 Å². The maximum atomic E-state index is 4.37. The molecule has 0 aliphatic heterocycles. The van der Waals surface area contributed by atoms with E-state index in [1.54, 1.807) is 0 Å². The highest BCUT2D eigenvalue weighted by molar-refractivity contribution is 9.10. The van der Waals surface area contributed by atoms with Gasteiger partial charge in [-0.15, -0.1) is 0 Å². The second-order valence-corrected chi connectivity index (χ2v) is 5.80. The fourth-order valence-corrected chi connectivity index (χ4v) is 2.27. The number of aromatic nitrogens is 1. The molecule has 19 heavy (non-hydrogen) atoms. The molecule has 1 N–H and O–H groups in total. The molecule has 1 aromatic carbocycles. The second kappa shape index (κ2) is 6.83. The van der Waals surface area contributed by atoms with Crippen LogP contribution in [0.5, 0.6) is 0 Å². The summed E-state index contributed by atoms with van der Waals surface area (Å²) in [5.74, 6) is 0. The summed E-state index contributed by atoms with van der Waals surface area (Å²) < 4.78 is 1.02. The molecule has 0 saturated carbocycles. The van der Waals surface area contributed by atoms with E-state index in [1.807, 2.05) is 18.3 Å². The molecular formula is C16H19BrN2. The van der Waals surface area contributed by atoms with E-state index in [-0.39, 0.29) is 0 Å². The van der Waals surface area contributed by atoms with Gasteiger partial charge in [0.1, 0.15) is 0 Å². The third-order valence-corrected chi connectivity index (χ3v) is 3.68. The first-order chi connectivity index (χ1) is 9.15. The Labute approximate surface area is 123 Å². The third kappa shape index (κ3) is 4.44. The highest BCUT2D eigenvalue weighted by Gasteiger charge is 2.05. The van der Waals surface area contributed by atoms with E-state index in [9.17, 15) is 0 Å². The normalized spacial score (nSPS) is 12.4. The van der Waals surface area contributed by atoms with Crippen LogP contribution in [0.15, 0.2) is 47.1 Å². The van der Waals surface area contributed by atoms with E-state index >= 15 is 0 Å². The zero-order chi connectivity index (χ0) is 13.7. The van der Waals surface area contributed by atoms with Crippen LogP contribution in [0.4, 0.5) is 0 Å². The van der Waals surface area contributed by atoms with Crippen LogP contribution in [-0.4, -0.2) is 11.0 Å². The second-order valence-electron chi connectivity index (χ2n) is 4.88. The van der Waals surface area contributed by atoms with E-state index in [1.165, 1.54) is 11.1 Å². The molecule has 3 heteroatoms. The van der Waals surface area contributed by atoms with Crippen molar-refractivity contribution in [3.8, 4) is 0 Å². The average molecular weight is 319 g/mol. The van der Waals surface area contributed by atoms with Gasteiger partial charge in [-0.3, -0.25) is 4.98 Å². The molecule has 1 unspecified atom stereocenters. The molecule has 100 valence electrons. The Morgan fingerprint density at radius 1 is 1.21 bits per heavy atom. The molecule has 0 fully saturated rings. The Kier molecular flexibility index (Phi) is 5.11. The summed E-state index contributed by atoms with van der Waals surface area (Å²) in [7, 11) is 0. The van der Waals surface area contributed by atoms with Crippen molar-refractivity contribution in [2.45, 2.75) is 32.9 Å². The summed E-state index contributed by atoms with van der Waals surface area (Å²) in [4.78, 5) is 4.37. The molecule has 0 spiro atoms. The molecule has 1 heterocycles. The molecule has 0 saturated heterocycles. The minimum Gasteiger partial charge on any atom is -0.308 e. The molecule has 0 aliphatic carbocycles. The molecule has 0 amide bonds. The summed E-state index contributed by atoms with van der Waals surface area (Å²) in [6.07, 6.45) is 2.88. The molecule has 2 rings (SSSR count). The van der Waals surface area contributed by atoms with Crippen molar-refractivity contribution in [3.05, 3.63) is 63.9 Å². The molecule has 1 atom stereocenters. The van der Waals surface area contributed by atoms with Crippen LogP contribution < -0.4 is 5.32 Å². The van der Waals surface area contributed by atoms with Crippen LogP contribution >= 0.6 is 15.9 Å². The third-order valence-electron chi connectivity index (χ3n) is 3.21. The lowest BCUT2D eigenvalue weighted by molar-refractivity contribution is 0.539. The molecule has 1 aromatic heterocycles. The quantitative estimate of drug-likeness (QED) is 0.905. The van der Waals surface area contributed by atoms with Gasteiger partial charge in [0.05, 0.1) is 5.69 Å². The Morgan fingerprint density at radius 3 is 2.68 bits per heavy atom. The fraction of sp³-hybridized carbons (Fsp3) is 0.312. The molecule has 2 nitrogen and oxygen atoms in total. The van der Waals surface area contributed by atoms with Crippen LogP contribution in [0.1, 0.15) is 23.7 Å². The highest BCUT2D eigenvalue weighted by Crippen LogP contribution is 2.10. The zero-order valence-corrected chi connectivity index (χ0v) is 12.9. The Bertz CT molecular complexity index is 523. The van der Waals surface area contributed by atoms with Gasteiger partial charge in [-0.25, -0.2) is 0 Å². The maximum absolute atomic E-state index is 4.37. The Hall–Kier alpha value is -1.19. The van der Waals surface area contributed by atoms with Crippen molar-refractivity contribution in [3.63, 3.8) is 0 Å². The fourth-order valence-electron chi connectivity index (χ4n) is 2.03. The molecular weight excluding hydrogens is 300 g/mol. The highest BCUT2D eigenvalue weighted by atomic mass is 79.9. The molecule has 0 radical (unpaired) electrons. The van der Waals surface area contributed by atoms with Crippen molar-refractivity contribution in [1.29, 1.82) is 0 Å². The first-order valence-corrected chi connectivity index (χ1v) is 7.33. The van der Waals surface area contributed by atoms with Gasteiger partial charge in [0.2, 0.25) is 0 Å². The van der Waals surface area contributed by atoms with Gasteiger partial charge in [0.15, 0.2) is 0 Å². The standard InChI is InChI=1S/C16H19BrN2/c1-12-5-3-4-6-14(12)9-13(2)18-11-16-8-7-15(17)10-19-16/h3-8,10,13,18H,9,11H2,1-2H3. The van der Waals surface area contributed by atoms with E-state index < -0.39 is 0 Å². The van der Waals surface area contributed by atoms with Gasteiger partial charge in [0, 0.05) is 23.3 Å². The summed E-state index contributed by atoms with van der Waals surface area (Å²) >= 11 is 3.39. The van der Waals surface area contributed by atoms with Crippen molar-refractivity contribution in [2.75, 3.05) is 0 Å². The summed E-state index contributed by atoms with van der Waals surface area (Å²) in [6, 6.07) is 13.1. The van der Waals surface area contributed by atoms with Gasteiger partial charge in [0.25, 0.3) is 0 Å². The molecule has 2 aromatic rings. The van der Waals surface area contributed by atoms with Crippen LogP contribution in [0.25, 0.3) is 0 Å². The number of pyridine rings is 1. The predicted molar refractivity (Wildman–Crippen MR) is 83.1 cm³/mol. The smallest absolute Gasteiger partial charge is 0.0542 e. The first-order valence-electron chi connectivity index (χ1n) is 6.53. The van der Waals surface area contributed by atoms with Crippen molar-refractivity contribution in [2.24, 2.45) is 0 Å². The minimum absolute atomic E-state index is 0.437. The lowest BCUT2D eigenvalue weighted by Gasteiger charge is -2.15. The maximum Gasteiger partial charge on any atom is 0.0542 e. The Morgan fingerprint density at radius 2 is 2.00 bits per heavy atom. The SMILES string of the molecule is Cc1ccccc1CC(C)NCc1ccc(Br)cn1. The number of rotatable bonds is 5. The monoisotopic (exact) mass is 318 g/mol. The Balaban J connectivity index is 1.86. The van der Waals surface area contributed by atoms with E-state index in [0.717, 1.165) is 23.1 Å². The van der Waals surface area contributed by atoms with E-state index in [2.05, 4.69) is 64.3 Å². The van der Waals surface area contributed by atoms with Crippen LogP contribution in [0.3, 0.4) is 0 Å². The molecule has 0 bridgehead atoms. The predicted octanol–water partition coefficient (Wildman–Crippen LogP) is 3.87. The summed E-state index contributed by atoms with van der Waals surface area (Å²) in [5, 5.41) is 3.52. The number of aryl methyl sites for hydroxylation is 1. The summed E-state index contributed by atoms with van der Waals surface area (Å²) in [5.41, 5.74) is 3.84. The number of nitrogens with one attached hydrogen (secondary N) is 1. The van der Waals surface area contributed by atoms with Crippen molar-refractivity contribution < 1.29 is 0 Å². The number of nitrogens with zero attached hydrogens (tertiary/aromatic N) is 1. The largest absolute Gasteiger partial charge is 0.308 e. The topological polar surface area (TPSA) is 24.9 Å². The van der Waals surface area contributed by atoms with Crippen molar-refractivity contribution in [1.82, 2.24) is 10.3 Å². The molecule has 0 aliphatic rings. The van der Waals surface area contributed by atoms with Crippen LogP contribution in [-0.2, 0) is 13.0 Å². The van der Waals surface area contributed by atoms with Gasteiger partial charge in [-0.05, 0) is 59.5 Å². The van der Waals surface area contributed by atoms with Gasteiger partial charge >= 0.3 is 0 Å². The average Bonchev–Trinajstić information content (AvgIpc) is 2.41. The minimum atomic E-state index is 0.437. The van der Waals surface area contributed by atoms with Gasteiger partial charge < -0.3 is 5.32 Å². The lowest BCUT2D eigenvalue weighted by atomic mass is 10.0. The first kappa shape index (κ1) is 14.2. The van der Waals surface area contributed by atoms with Gasteiger partial charge in [-0.1, -0.05) is 24.3 Å². The number of benzene rings is 1. The van der Waals surface area contributed by atoms with Gasteiger partial charge in [-0.2, -0.15) is 0 Å².